The molecule has 0 aliphatic carbocycles. The van der Waals surface area contributed by atoms with Gasteiger partial charge in [-0.2, -0.15) is 0 Å². The van der Waals surface area contributed by atoms with Crippen LogP contribution in [0.5, 0.6) is 0 Å². The molecule has 2 N–H and O–H groups in total. The van der Waals surface area contributed by atoms with Crippen molar-refractivity contribution in [2.24, 2.45) is 4.99 Å². The largest absolute Gasteiger partial charge is 0.375 e. The summed E-state index contributed by atoms with van der Waals surface area (Å²) in [5, 5.41) is 9.30. The molecule has 1 amide bonds. The lowest BCUT2D eigenvalue weighted by atomic mass is 10.2. The van der Waals surface area contributed by atoms with Crippen molar-refractivity contribution < 1.29 is 9.53 Å². The van der Waals surface area contributed by atoms with Gasteiger partial charge in [0.2, 0.25) is 5.91 Å². The molecule has 1 fully saturated rings. The summed E-state index contributed by atoms with van der Waals surface area (Å²) >= 11 is 1.61. The van der Waals surface area contributed by atoms with E-state index in [1.807, 2.05) is 14.0 Å². The highest BCUT2D eigenvalue weighted by Crippen LogP contribution is 2.21. The number of ether oxygens (including phenoxy) is 1. The molecule has 8 nitrogen and oxygen atoms in total. The molecular weight excluding hydrogens is 400 g/mol. The lowest BCUT2D eigenvalue weighted by Crippen LogP contribution is -2.47. The second kappa shape index (κ2) is 10.4. The number of carbonyl (C=O) groups excluding carboxylic acids is 1. The number of rotatable bonds is 7. The van der Waals surface area contributed by atoms with E-state index in [4.69, 9.17) is 4.74 Å². The molecule has 1 aliphatic heterocycles. The minimum atomic E-state index is 0.00813. The predicted octanol–water partition coefficient (Wildman–Crippen LogP) is 1.99. The molecule has 1 aromatic carbocycles. The van der Waals surface area contributed by atoms with Crippen LogP contribution in [0.3, 0.4) is 0 Å². The predicted molar refractivity (Wildman–Crippen MR) is 121 cm³/mol. The average molecular weight is 431 g/mol. The number of guanidine groups is 1. The van der Waals surface area contributed by atoms with Crippen LogP contribution in [0.15, 0.2) is 34.6 Å². The van der Waals surface area contributed by atoms with Crippen molar-refractivity contribution in [2.75, 3.05) is 45.7 Å². The molecule has 162 valence electrons. The molecule has 2 heterocycles. The summed E-state index contributed by atoms with van der Waals surface area (Å²) in [6.45, 7) is 5.27. The zero-order chi connectivity index (χ0) is 21.5. The van der Waals surface area contributed by atoms with Gasteiger partial charge in [0.1, 0.15) is 11.1 Å². The molecule has 0 spiro atoms. The van der Waals surface area contributed by atoms with Crippen molar-refractivity contribution in [1.82, 2.24) is 20.5 Å². The third-order valence-electron chi connectivity index (χ3n) is 5.03. The average Bonchev–Trinajstić information content (AvgIpc) is 3.22. The van der Waals surface area contributed by atoms with Crippen LogP contribution in [0.1, 0.15) is 29.3 Å². The quantitative estimate of drug-likeness (QED) is 0.517. The van der Waals surface area contributed by atoms with Gasteiger partial charge >= 0.3 is 0 Å². The SMILES string of the molecule is CN=C(NCc1ccc(N2CCNC(=O)C2)cc1)N(C)Cc1csc(C(C)OC)n1. The number of methoxy groups -OCH3 is 1. The van der Waals surface area contributed by atoms with E-state index in [1.54, 1.807) is 25.5 Å². The molecule has 30 heavy (non-hydrogen) atoms. The van der Waals surface area contributed by atoms with Crippen LogP contribution in [0, 0.1) is 0 Å². The number of aliphatic imine (C=N–C) groups is 1. The number of hydrogen-bond acceptors (Lipinski definition) is 6. The Morgan fingerprint density at radius 2 is 2.20 bits per heavy atom. The molecule has 1 aromatic heterocycles. The van der Waals surface area contributed by atoms with Crippen molar-refractivity contribution >= 4 is 28.9 Å². The summed E-state index contributed by atoms with van der Waals surface area (Å²) in [5.74, 6) is 0.879. The van der Waals surface area contributed by atoms with Crippen molar-refractivity contribution in [2.45, 2.75) is 26.1 Å². The molecule has 0 bridgehead atoms. The van der Waals surface area contributed by atoms with Crippen LogP contribution < -0.4 is 15.5 Å². The number of benzene rings is 1. The first-order valence-electron chi connectivity index (χ1n) is 9.99. The molecule has 1 aliphatic rings. The molecule has 3 rings (SSSR count). The van der Waals surface area contributed by atoms with Gasteiger partial charge in [-0.3, -0.25) is 9.79 Å². The van der Waals surface area contributed by atoms with E-state index in [2.05, 4.69) is 60.1 Å². The molecule has 0 radical (unpaired) electrons. The fourth-order valence-electron chi connectivity index (χ4n) is 3.25. The highest BCUT2D eigenvalue weighted by molar-refractivity contribution is 7.09. The Balaban J connectivity index is 1.53. The highest BCUT2D eigenvalue weighted by atomic mass is 32.1. The van der Waals surface area contributed by atoms with Crippen LogP contribution in [-0.2, 0) is 22.6 Å². The lowest BCUT2D eigenvalue weighted by Gasteiger charge is -2.28. The van der Waals surface area contributed by atoms with Gasteiger partial charge in [0.15, 0.2) is 5.96 Å². The van der Waals surface area contributed by atoms with Gasteiger partial charge in [-0.25, -0.2) is 4.98 Å². The van der Waals surface area contributed by atoms with Crippen molar-refractivity contribution in [1.29, 1.82) is 0 Å². The van der Waals surface area contributed by atoms with E-state index in [-0.39, 0.29) is 12.0 Å². The Labute approximate surface area is 182 Å². The summed E-state index contributed by atoms with van der Waals surface area (Å²) in [5.41, 5.74) is 3.22. The van der Waals surface area contributed by atoms with Gasteiger partial charge in [-0.1, -0.05) is 12.1 Å². The third kappa shape index (κ3) is 5.70. The van der Waals surface area contributed by atoms with E-state index in [1.165, 1.54) is 0 Å². The minimum absolute atomic E-state index is 0.00813. The minimum Gasteiger partial charge on any atom is -0.375 e. The molecule has 1 saturated heterocycles. The number of nitrogens with zero attached hydrogens (tertiary/aromatic N) is 4. The van der Waals surface area contributed by atoms with Crippen LogP contribution in [0.2, 0.25) is 0 Å². The fraction of sp³-hybridized carbons (Fsp3) is 0.476. The standard InChI is InChI=1S/C21H30N6O2S/c1-15(29-4)20-25-17(14-30-20)12-26(3)21(22-2)24-11-16-5-7-18(8-6-16)27-10-9-23-19(28)13-27/h5-8,14-15H,9-13H2,1-4H3,(H,22,24)(H,23,28). The summed E-state index contributed by atoms with van der Waals surface area (Å²) in [6.07, 6.45) is 0.00813. The lowest BCUT2D eigenvalue weighted by molar-refractivity contribution is -0.120. The molecular formula is C21H30N6O2S. The topological polar surface area (TPSA) is 82.1 Å². The summed E-state index contributed by atoms with van der Waals surface area (Å²) in [6, 6.07) is 8.30. The zero-order valence-corrected chi connectivity index (χ0v) is 18.8. The normalized spacial score (nSPS) is 15.7. The molecule has 2 aromatic rings. The maximum absolute atomic E-state index is 11.6. The maximum atomic E-state index is 11.6. The van der Waals surface area contributed by atoms with E-state index in [9.17, 15) is 4.79 Å². The first-order valence-corrected chi connectivity index (χ1v) is 10.9. The molecule has 1 unspecified atom stereocenters. The van der Waals surface area contributed by atoms with E-state index in [0.29, 0.717) is 26.2 Å². The zero-order valence-electron chi connectivity index (χ0n) is 18.0. The van der Waals surface area contributed by atoms with Gasteiger partial charge in [0.05, 0.1) is 18.8 Å². The first kappa shape index (κ1) is 22.0. The van der Waals surface area contributed by atoms with E-state index < -0.39 is 0 Å². The Kier molecular flexibility index (Phi) is 7.64. The van der Waals surface area contributed by atoms with Crippen LogP contribution in [0.25, 0.3) is 0 Å². The van der Waals surface area contributed by atoms with Crippen LogP contribution in [-0.4, -0.2) is 62.6 Å². The Morgan fingerprint density at radius 3 is 2.87 bits per heavy atom. The smallest absolute Gasteiger partial charge is 0.239 e. The second-order valence-corrected chi connectivity index (χ2v) is 8.14. The Morgan fingerprint density at radius 1 is 1.43 bits per heavy atom. The number of aromatic nitrogens is 1. The van der Waals surface area contributed by atoms with Crippen LogP contribution >= 0.6 is 11.3 Å². The number of thiazole rings is 1. The van der Waals surface area contributed by atoms with Crippen LogP contribution in [0.4, 0.5) is 5.69 Å². The van der Waals surface area contributed by atoms with Gasteiger partial charge in [-0.05, 0) is 24.6 Å². The summed E-state index contributed by atoms with van der Waals surface area (Å²) < 4.78 is 5.34. The van der Waals surface area contributed by atoms with Gasteiger partial charge in [0, 0.05) is 51.9 Å². The number of carbonyl (C=O) groups is 1. The molecule has 0 saturated carbocycles. The monoisotopic (exact) mass is 430 g/mol. The number of amides is 1. The summed E-state index contributed by atoms with van der Waals surface area (Å²) in [4.78, 5) is 24.8. The van der Waals surface area contributed by atoms with Crippen molar-refractivity contribution in [3.63, 3.8) is 0 Å². The van der Waals surface area contributed by atoms with Crippen molar-refractivity contribution in [3.8, 4) is 0 Å². The number of piperazine rings is 1. The summed E-state index contributed by atoms with van der Waals surface area (Å²) in [7, 11) is 5.47. The van der Waals surface area contributed by atoms with Gasteiger partial charge in [-0.15, -0.1) is 11.3 Å². The Hall–Kier alpha value is -2.65. The second-order valence-electron chi connectivity index (χ2n) is 7.25. The highest BCUT2D eigenvalue weighted by Gasteiger charge is 2.16. The molecule has 1 atom stereocenters. The third-order valence-corrected chi connectivity index (χ3v) is 6.09. The number of nitrogens with one attached hydrogen (secondary N) is 2. The van der Waals surface area contributed by atoms with Gasteiger partial charge < -0.3 is 25.2 Å². The van der Waals surface area contributed by atoms with E-state index in [0.717, 1.165) is 34.5 Å². The van der Waals surface area contributed by atoms with Gasteiger partial charge in [0.25, 0.3) is 0 Å². The van der Waals surface area contributed by atoms with E-state index >= 15 is 0 Å². The first-order chi connectivity index (χ1) is 14.5. The fourth-order valence-corrected chi connectivity index (χ4v) is 4.09. The van der Waals surface area contributed by atoms with Crippen molar-refractivity contribution in [3.05, 3.63) is 45.9 Å². The number of hydrogen-bond donors (Lipinski definition) is 2. The Bertz CT molecular complexity index is 867. The number of anilines is 1. The maximum Gasteiger partial charge on any atom is 0.239 e. The molecule has 9 heteroatoms.